The molecule has 0 aromatic carbocycles. The van der Waals surface area contributed by atoms with Crippen molar-refractivity contribution in [1.82, 2.24) is 10.3 Å². The van der Waals surface area contributed by atoms with Crippen molar-refractivity contribution in [2.45, 2.75) is 32.2 Å². The van der Waals surface area contributed by atoms with Gasteiger partial charge in [-0.05, 0) is 26.3 Å². The molecule has 1 fully saturated rings. The predicted molar refractivity (Wildman–Crippen MR) is 69.9 cm³/mol. The fourth-order valence-electron chi connectivity index (χ4n) is 2.14. The SMILES string of the molecule is Cc1ncc(NC(=O)CC2CCCN2)cc1[N+](=O)[O-]. The summed E-state index contributed by atoms with van der Waals surface area (Å²) in [4.78, 5) is 26.0. The Bertz CT molecular complexity index is 498. The van der Waals surface area contributed by atoms with Gasteiger partial charge in [-0.3, -0.25) is 19.9 Å². The highest BCUT2D eigenvalue weighted by Crippen LogP contribution is 2.20. The van der Waals surface area contributed by atoms with Gasteiger partial charge in [0.15, 0.2) is 0 Å². The zero-order chi connectivity index (χ0) is 13.8. The minimum Gasteiger partial charge on any atom is -0.324 e. The normalized spacial score (nSPS) is 18.3. The van der Waals surface area contributed by atoms with Crippen molar-refractivity contribution < 1.29 is 9.72 Å². The first-order valence-corrected chi connectivity index (χ1v) is 6.20. The minimum atomic E-state index is -0.503. The Kier molecular flexibility index (Phi) is 4.06. The quantitative estimate of drug-likeness (QED) is 0.632. The van der Waals surface area contributed by atoms with Gasteiger partial charge in [0.25, 0.3) is 5.69 Å². The molecule has 7 heteroatoms. The maximum absolute atomic E-state index is 11.8. The maximum atomic E-state index is 11.8. The first kappa shape index (κ1) is 13.4. The number of rotatable bonds is 4. The monoisotopic (exact) mass is 264 g/mol. The van der Waals surface area contributed by atoms with Gasteiger partial charge in [0.1, 0.15) is 5.69 Å². The highest BCUT2D eigenvalue weighted by atomic mass is 16.6. The molecular formula is C12H16N4O3. The molecule has 2 N–H and O–H groups in total. The highest BCUT2D eigenvalue weighted by Gasteiger charge is 2.19. The van der Waals surface area contributed by atoms with Gasteiger partial charge in [0.2, 0.25) is 5.91 Å². The number of hydrogen-bond donors (Lipinski definition) is 2. The number of nitrogens with one attached hydrogen (secondary N) is 2. The summed E-state index contributed by atoms with van der Waals surface area (Å²) in [5.74, 6) is -0.153. The Labute approximate surface area is 110 Å². The van der Waals surface area contributed by atoms with E-state index in [2.05, 4.69) is 15.6 Å². The number of hydrogen-bond acceptors (Lipinski definition) is 5. The van der Waals surface area contributed by atoms with E-state index in [4.69, 9.17) is 0 Å². The van der Waals surface area contributed by atoms with Crippen LogP contribution >= 0.6 is 0 Å². The van der Waals surface area contributed by atoms with Crippen molar-refractivity contribution in [3.05, 3.63) is 28.1 Å². The largest absolute Gasteiger partial charge is 0.324 e. The van der Waals surface area contributed by atoms with Gasteiger partial charge >= 0.3 is 0 Å². The van der Waals surface area contributed by atoms with E-state index < -0.39 is 4.92 Å². The molecule has 2 heterocycles. The molecule has 7 nitrogen and oxygen atoms in total. The molecule has 1 aromatic rings. The topological polar surface area (TPSA) is 97.2 Å². The van der Waals surface area contributed by atoms with Crippen LogP contribution in [0.3, 0.4) is 0 Å². The van der Waals surface area contributed by atoms with Crippen molar-refractivity contribution in [3.63, 3.8) is 0 Å². The van der Waals surface area contributed by atoms with Gasteiger partial charge in [0.05, 0.1) is 16.8 Å². The molecular weight excluding hydrogens is 248 g/mol. The van der Waals surface area contributed by atoms with Crippen LogP contribution in [0.5, 0.6) is 0 Å². The molecule has 0 saturated carbocycles. The predicted octanol–water partition coefficient (Wildman–Crippen LogP) is 1.38. The van der Waals surface area contributed by atoms with E-state index in [0.717, 1.165) is 19.4 Å². The molecule has 19 heavy (non-hydrogen) atoms. The lowest BCUT2D eigenvalue weighted by atomic mass is 10.1. The van der Waals surface area contributed by atoms with E-state index in [9.17, 15) is 14.9 Å². The van der Waals surface area contributed by atoms with Crippen LogP contribution in [0, 0.1) is 17.0 Å². The van der Waals surface area contributed by atoms with Crippen LogP contribution in [0.25, 0.3) is 0 Å². The Morgan fingerprint density at radius 3 is 3.11 bits per heavy atom. The Morgan fingerprint density at radius 1 is 1.68 bits per heavy atom. The van der Waals surface area contributed by atoms with Crippen molar-refractivity contribution in [3.8, 4) is 0 Å². The van der Waals surface area contributed by atoms with Crippen LogP contribution in [0.2, 0.25) is 0 Å². The molecule has 1 saturated heterocycles. The smallest absolute Gasteiger partial charge is 0.292 e. The summed E-state index contributed by atoms with van der Waals surface area (Å²) in [7, 11) is 0. The van der Waals surface area contributed by atoms with Crippen LogP contribution in [-0.2, 0) is 4.79 Å². The third-order valence-electron chi connectivity index (χ3n) is 3.13. The van der Waals surface area contributed by atoms with E-state index >= 15 is 0 Å². The average molecular weight is 264 g/mol. The number of anilines is 1. The van der Waals surface area contributed by atoms with Gasteiger partial charge in [-0.2, -0.15) is 0 Å². The molecule has 2 rings (SSSR count). The number of pyridine rings is 1. The number of carbonyl (C=O) groups excluding carboxylic acids is 1. The maximum Gasteiger partial charge on any atom is 0.292 e. The summed E-state index contributed by atoms with van der Waals surface area (Å²) < 4.78 is 0. The molecule has 1 amide bonds. The van der Waals surface area contributed by atoms with E-state index in [-0.39, 0.29) is 17.6 Å². The van der Waals surface area contributed by atoms with Crippen LogP contribution in [0.4, 0.5) is 11.4 Å². The van der Waals surface area contributed by atoms with Gasteiger partial charge in [0, 0.05) is 18.5 Å². The zero-order valence-corrected chi connectivity index (χ0v) is 10.7. The molecule has 0 spiro atoms. The van der Waals surface area contributed by atoms with Gasteiger partial charge in [-0.25, -0.2) is 0 Å². The Morgan fingerprint density at radius 2 is 2.47 bits per heavy atom. The van der Waals surface area contributed by atoms with Gasteiger partial charge < -0.3 is 10.6 Å². The summed E-state index contributed by atoms with van der Waals surface area (Å²) in [6.07, 6.45) is 3.87. The lowest BCUT2D eigenvalue weighted by Gasteiger charge is -2.10. The zero-order valence-electron chi connectivity index (χ0n) is 10.7. The first-order valence-electron chi connectivity index (χ1n) is 6.20. The van der Waals surface area contributed by atoms with Crippen LogP contribution in [0.15, 0.2) is 12.3 Å². The molecule has 1 aliphatic heterocycles. The summed E-state index contributed by atoms with van der Waals surface area (Å²) >= 11 is 0. The van der Waals surface area contributed by atoms with Gasteiger partial charge in [-0.15, -0.1) is 0 Å². The molecule has 0 bridgehead atoms. The third kappa shape index (κ3) is 3.47. The second kappa shape index (κ2) is 5.75. The summed E-state index contributed by atoms with van der Waals surface area (Å²) in [5.41, 5.74) is 0.609. The second-order valence-corrected chi connectivity index (χ2v) is 4.63. The molecule has 1 atom stereocenters. The second-order valence-electron chi connectivity index (χ2n) is 4.63. The third-order valence-corrected chi connectivity index (χ3v) is 3.13. The Hall–Kier alpha value is -2.02. The molecule has 0 aliphatic carbocycles. The highest BCUT2D eigenvalue weighted by molar-refractivity contribution is 5.91. The Balaban J connectivity index is 2.00. The van der Waals surface area contributed by atoms with E-state index in [0.29, 0.717) is 17.8 Å². The lowest BCUT2D eigenvalue weighted by molar-refractivity contribution is -0.385. The molecule has 0 radical (unpaired) electrons. The fraction of sp³-hybridized carbons (Fsp3) is 0.500. The average Bonchev–Trinajstić information content (AvgIpc) is 2.84. The van der Waals surface area contributed by atoms with Crippen molar-refractivity contribution in [2.75, 3.05) is 11.9 Å². The van der Waals surface area contributed by atoms with Crippen LogP contribution in [-0.4, -0.2) is 28.4 Å². The first-order chi connectivity index (χ1) is 9.06. The van der Waals surface area contributed by atoms with Gasteiger partial charge in [-0.1, -0.05) is 0 Å². The van der Waals surface area contributed by atoms with Crippen LogP contribution < -0.4 is 10.6 Å². The standard InChI is InChI=1S/C12H16N4O3/c1-8-11(16(18)19)5-10(7-14-8)15-12(17)6-9-3-2-4-13-9/h5,7,9,13H,2-4,6H2,1H3,(H,15,17). The number of nitrogens with zero attached hydrogens (tertiary/aromatic N) is 2. The fourth-order valence-corrected chi connectivity index (χ4v) is 2.14. The molecule has 1 unspecified atom stereocenters. The summed E-state index contributed by atoms with van der Waals surface area (Å²) in [6.45, 7) is 2.50. The van der Waals surface area contributed by atoms with E-state index in [1.165, 1.54) is 12.3 Å². The number of aromatic nitrogens is 1. The van der Waals surface area contributed by atoms with E-state index in [1.54, 1.807) is 6.92 Å². The summed E-state index contributed by atoms with van der Waals surface area (Å²) in [6, 6.07) is 1.54. The molecule has 102 valence electrons. The molecule has 1 aliphatic rings. The molecule has 1 aromatic heterocycles. The number of nitro groups is 1. The number of amides is 1. The lowest BCUT2D eigenvalue weighted by Crippen LogP contribution is -2.27. The number of carbonyl (C=O) groups is 1. The van der Waals surface area contributed by atoms with E-state index in [1.807, 2.05) is 0 Å². The summed E-state index contributed by atoms with van der Waals surface area (Å²) in [5, 5.41) is 16.7. The van der Waals surface area contributed by atoms with Crippen LogP contribution in [0.1, 0.15) is 25.0 Å². The van der Waals surface area contributed by atoms with Crippen molar-refractivity contribution in [1.29, 1.82) is 0 Å². The van der Waals surface area contributed by atoms with Crippen molar-refractivity contribution in [2.24, 2.45) is 0 Å². The number of aryl methyl sites for hydroxylation is 1. The van der Waals surface area contributed by atoms with Crippen molar-refractivity contribution >= 4 is 17.3 Å². The minimum absolute atomic E-state index is 0.0863.